The van der Waals surface area contributed by atoms with Gasteiger partial charge in [-0.1, -0.05) is 6.92 Å². The average Bonchev–Trinajstić information content (AvgIpc) is 2.57. The van der Waals surface area contributed by atoms with Crippen molar-refractivity contribution in [3.63, 3.8) is 0 Å². The molecule has 6 nitrogen and oxygen atoms in total. The van der Waals surface area contributed by atoms with E-state index in [-0.39, 0.29) is 16.9 Å². The number of carbonyl (C=O) groups excluding carboxylic acids is 2. The van der Waals surface area contributed by atoms with Crippen LogP contribution < -0.4 is 0 Å². The predicted molar refractivity (Wildman–Crippen MR) is 96.5 cm³/mol. The van der Waals surface area contributed by atoms with E-state index in [9.17, 15) is 29.4 Å². The highest BCUT2D eigenvalue weighted by molar-refractivity contribution is 6.05. The van der Waals surface area contributed by atoms with Gasteiger partial charge in [0.2, 0.25) is 0 Å². The molecular weight excluding hydrogens is 336 g/mol. The van der Waals surface area contributed by atoms with Gasteiger partial charge in [-0.05, 0) is 55.9 Å². The first-order valence-electron chi connectivity index (χ1n) is 8.06. The van der Waals surface area contributed by atoms with Crippen LogP contribution in [0.1, 0.15) is 64.4 Å². The molecule has 4 atom stereocenters. The molecule has 0 saturated heterocycles. The zero-order valence-electron chi connectivity index (χ0n) is 15.1. The molecule has 26 heavy (non-hydrogen) atoms. The van der Waals surface area contributed by atoms with Gasteiger partial charge in [0.05, 0.1) is 11.5 Å². The first kappa shape index (κ1) is 21.3. The van der Waals surface area contributed by atoms with E-state index in [2.05, 4.69) is 20.1 Å². The van der Waals surface area contributed by atoms with E-state index < -0.39 is 41.4 Å². The van der Waals surface area contributed by atoms with Crippen LogP contribution in [0, 0.1) is 18.8 Å². The molecule has 0 saturated carbocycles. The highest BCUT2D eigenvalue weighted by atomic mass is 16.4. The normalized spacial score (nSPS) is 23.8. The molecule has 1 radical (unpaired) electrons. The molecule has 4 unspecified atom stereocenters. The average molecular weight is 359 g/mol. The van der Waals surface area contributed by atoms with Gasteiger partial charge >= 0.3 is 11.9 Å². The number of ketones is 2. The number of hydrogen-bond acceptors (Lipinski definition) is 4. The Morgan fingerprint density at radius 1 is 0.923 bits per heavy atom. The van der Waals surface area contributed by atoms with Crippen molar-refractivity contribution >= 4 is 23.5 Å². The summed E-state index contributed by atoms with van der Waals surface area (Å²) in [5.41, 5.74) is 0.960. The van der Waals surface area contributed by atoms with Gasteiger partial charge in [0.15, 0.2) is 5.78 Å². The second kappa shape index (κ2) is 8.08. The van der Waals surface area contributed by atoms with Crippen LogP contribution in [0.2, 0.25) is 0 Å². The topological polar surface area (TPSA) is 109 Å². The van der Waals surface area contributed by atoms with E-state index in [1.165, 1.54) is 26.0 Å². The van der Waals surface area contributed by atoms with Gasteiger partial charge in [0.25, 0.3) is 0 Å². The van der Waals surface area contributed by atoms with Crippen LogP contribution in [0.25, 0.3) is 0 Å². The van der Waals surface area contributed by atoms with Crippen LogP contribution in [-0.4, -0.2) is 33.7 Å². The maximum absolute atomic E-state index is 12.0. The molecule has 0 fully saturated rings. The van der Waals surface area contributed by atoms with Crippen LogP contribution in [0.4, 0.5) is 0 Å². The Labute approximate surface area is 152 Å². The van der Waals surface area contributed by atoms with Gasteiger partial charge in [-0.2, -0.15) is 0 Å². The van der Waals surface area contributed by atoms with Crippen molar-refractivity contribution in [1.29, 1.82) is 0 Å². The van der Waals surface area contributed by atoms with Gasteiger partial charge in [-0.3, -0.25) is 14.4 Å². The van der Waals surface area contributed by atoms with Crippen LogP contribution in [-0.2, 0) is 9.59 Å². The standard InChI is InChI=1S/C18H19O6.C2H4/c1-7-12-6-14(17(21)22)13(9(3)19)5-11(12)8(2)16(18(23)24)15(7)10(4)20;1-2/h5-8,15-16H,1H2,2-4H3,(H,21,22)(H,23,24);1-2H2. The van der Waals surface area contributed by atoms with E-state index in [1.54, 1.807) is 6.92 Å². The lowest BCUT2D eigenvalue weighted by atomic mass is 9.63. The number of hydrogen-bond donors (Lipinski definition) is 2. The lowest BCUT2D eigenvalue weighted by Gasteiger charge is -2.39. The molecule has 0 aliphatic heterocycles. The van der Waals surface area contributed by atoms with Crippen LogP contribution in [0.3, 0.4) is 0 Å². The molecule has 6 heteroatoms. The summed E-state index contributed by atoms with van der Waals surface area (Å²) in [6.07, 6.45) is 0. The molecule has 0 bridgehead atoms. The fraction of sp³-hybridized carbons (Fsp3) is 0.350. The quantitative estimate of drug-likeness (QED) is 0.630. The highest BCUT2D eigenvalue weighted by Gasteiger charge is 2.45. The van der Waals surface area contributed by atoms with E-state index >= 15 is 0 Å². The summed E-state index contributed by atoms with van der Waals surface area (Å²) < 4.78 is 0. The Kier molecular flexibility index (Phi) is 6.61. The van der Waals surface area contributed by atoms with Crippen molar-refractivity contribution in [2.24, 2.45) is 11.8 Å². The Bertz CT molecular complexity index is 701. The first-order valence-corrected chi connectivity index (χ1v) is 8.06. The molecule has 0 amide bonds. The monoisotopic (exact) mass is 359 g/mol. The third kappa shape index (κ3) is 3.59. The number of carbonyl (C=O) groups is 4. The number of carboxylic acids is 2. The maximum Gasteiger partial charge on any atom is 0.336 e. The van der Waals surface area contributed by atoms with Crippen molar-refractivity contribution in [2.75, 3.05) is 0 Å². The largest absolute Gasteiger partial charge is 0.481 e. The minimum atomic E-state index is -1.25. The molecule has 2 N–H and O–H groups in total. The summed E-state index contributed by atoms with van der Waals surface area (Å²) >= 11 is 0. The van der Waals surface area contributed by atoms with Gasteiger partial charge in [-0.15, -0.1) is 13.2 Å². The van der Waals surface area contributed by atoms with E-state index in [4.69, 9.17) is 0 Å². The number of aliphatic carboxylic acids is 1. The Morgan fingerprint density at radius 2 is 1.42 bits per heavy atom. The number of Topliss-reactive ketones (excluding diaryl/α,β-unsaturated/α-hetero) is 2. The van der Waals surface area contributed by atoms with Crippen molar-refractivity contribution in [2.45, 2.75) is 32.6 Å². The molecule has 0 heterocycles. The number of aromatic carboxylic acids is 1. The summed E-state index contributed by atoms with van der Waals surface area (Å²) in [6, 6.07) is 2.80. The van der Waals surface area contributed by atoms with Gasteiger partial charge in [0.1, 0.15) is 5.78 Å². The molecule has 1 aromatic carbocycles. The molecule has 0 aromatic heterocycles. The van der Waals surface area contributed by atoms with Crippen molar-refractivity contribution in [3.8, 4) is 0 Å². The van der Waals surface area contributed by atoms with Crippen LogP contribution >= 0.6 is 0 Å². The van der Waals surface area contributed by atoms with Crippen molar-refractivity contribution in [1.82, 2.24) is 0 Å². The lowest BCUT2D eigenvalue weighted by molar-refractivity contribution is -0.148. The molecule has 1 aliphatic carbocycles. The summed E-state index contributed by atoms with van der Waals surface area (Å²) in [5, 5.41) is 18.9. The van der Waals surface area contributed by atoms with E-state index in [1.807, 2.05) is 0 Å². The van der Waals surface area contributed by atoms with Crippen LogP contribution in [0.5, 0.6) is 0 Å². The van der Waals surface area contributed by atoms with Gasteiger partial charge in [0, 0.05) is 11.5 Å². The van der Waals surface area contributed by atoms with Gasteiger partial charge < -0.3 is 10.2 Å². The maximum atomic E-state index is 12.0. The number of rotatable bonds is 4. The number of carboxylic acid groups (broad SMARTS) is 2. The third-order valence-electron chi connectivity index (χ3n) is 4.84. The second-order valence-corrected chi connectivity index (χ2v) is 6.28. The van der Waals surface area contributed by atoms with E-state index in [0.29, 0.717) is 11.1 Å². The Hall–Kier alpha value is -2.76. The predicted octanol–water partition coefficient (Wildman–Crippen LogP) is 3.33. The Morgan fingerprint density at radius 3 is 1.81 bits per heavy atom. The van der Waals surface area contributed by atoms with Crippen molar-refractivity contribution in [3.05, 3.63) is 54.5 Å². The highest BCUT2D eigenvalue weighted by Crippen LogP contribution is 2.47. The first-order chi connectivity index (χ1) is 12.1. The molecule has 1 aliphatic rings. The Balaban J connectivity index is 0.00000163. The van der Waals surface area contributed by atoms with Crippen molar-refractivity contribution < 1.29 is 29.4 Å². The van der Waals surface area contributed by atoms with Gasteiger partial charge in [-0.25, -0.2) is 4.79 Å². The van der Waals surface area contributed by atoms with Crippen LogP contribution in [0.15, 0.2) is 25.3 Å². The summed E-state index contributed by atoms with van der Waals surface area (Å²) in [6.45, 7) is 14.2. The summed E-state index contributed by atoms with van der Waals surface area (Å²) in [7, 11) is 0. The SMILES string of the molecule is C=C.[CH2]C1c2cc(C(=O)O)c(C(C)=O)cc2C(C)C(C(=O)O)C1C(C)=O. The fourth-order valence-corrected chi connectivity index (χ4v) is 3.67. The minimum Gasteiger partial charge on any atom is -0.481 e. The minimum absolute atomic E-state index is 0.0331. The third-order valence-corrected chi connectivity index (χ3v) is 4.84. The number of benzene rings is 1. The smallest absolute Gasteiger partial charge is 0.336 e. The second-order valence-electron chi connectivity index (χ2n) is 6.28. The lowest BCUT2D eigenvalue weighted by Crippen LogP contribution is -2.40. The molecular formula is C20H23O6. The zero-order chi connectivity index (χ0) is 20.3. The molecule has 0 spiro atoms. The number of fused-ring (bicyclic) bond motifs is 1. The molecule has 2 rings (SSSR count). The molecule has 1 aromatic rings. The summed E-state index contributed by atoms with van der Waals surface area (Å²) in [5.74, 6) is -6.09. The zero-order valence-corrected chi connectivity index (χ0v) is 15.1. The summed E-state index contributed by atoms with van der Waals surface area (Å²) in [4.78, 5) is 46.9. The molecule has 139 valence electrons. The fourth-order valence-electron chi connectivity index (χ4n) is 3.67. The van der Waals surface area contributed by atoms with E-state index in [0.717, 1.165) is 0 Å².